The lowest BCUT2D eigenvalue weighted by Gasteiger charge is -2.06. The number of carbonyl (C=O) groups excluding carboxylic acids is 1. The molecule has 1 aromatic heterocycles. The van der Waals surface area contributed by atoms with Gasteiger partial charge in [-0.1, -0.05) is 42.5 Å². The van der Waals surface area contributed by atoms with E-state index >= 15 is 0 Å². The zero-order valence-corrected chi connectivity index (χ0v) is 10.7. The Morgan fingerprint density at radius 2 is 1.70 bits per heavy atom. The quantitative estimate of drug-likeness (QED) is 0.680. The van der Waals surface area contributed by atoms with Crippen LogP contribution < -0.4 is 4.74 Å². The SMILES string of the molecule is O=C(COc1ncnc2ccccc12)c1ccccc1. The Morgan fingerprint density at radius 1 is 0.950 bits per heavy atom. The van der Waals surface area contributed by atoms with Crippen molar-refractivity contribution >= 4 is 16.7 Å². The van der Waals surface area contributed by atoms with Gasteiger partial charge in [-0.2, -0.15) is 0 Å². The molecule has 3 aromatic rings. The molecule has 4 nitrogen and oxygen atoms in total. The number of para-hydroxylation sites is 1. The maximum atomic E-state index is 12.0. The first kappa shape index (κ1) is 12.3. The molecule has 0 atom stereocenters. The molecule has 0 fully saturated rings. The Labute approximate surface area is 116 Å². The molecular formula is C16H12N2O2. The fraction of sp³-hybridized carbons (Fsp3) is 0.0625. The lowest BCUT2D eigenvalue weighted by atomic mass is 10.1. The Bertz CT molecular complexity index is 736. The smallest absolute Gasteiger partial charge is 0.224 e. The van der Waals surface area contributed by atoms with Crippen molar-refractivity contribution in [1.29, 1.82) is 0 Å². The summed E-state index contributed by atoms with van der Waals surface area (Å²) < 4.78 is 5.53. The second-order valence-electron chi connectivity index (χ2n) is 4.27. The van der Waals surface area contributed by atoms with Gasteiger partial charge in [-0.25, -0.2) is 9.97 Å². The van der Waals surface area contributed by atoms with Crippen LogP contribution in [0.2, 0.25) is 0 Å². The van der Waals surface area contributed by atoms with Gasteiger partial charge < -0.3 is 4.74 Å². The van der Waals surface area contributed by atoms with Crippen molar-refractivity contribution in [3.8, 4) is 5.88 Å². The highest BCUT2D eigenvalue weighted by Gasteiger charge is 2.09. The van der Waals surface area contributed by atoms with Gasteiger partial charge in [0.25, 0.3) is 0 Å². The standard InChI is InChI=1S/C16H12N2O2/c19-15(12-6-2-1-3-7-12)10-20-16-13-8-4-5-9-14(13)17-11-18-16/h1-9,11H,10H2. The summed E-state index contributed by atoms with van der Waals surface area (Å²) in [5.41, 5.74) is 1.43. The van der Waals surface area contributed by atoms with Crippen molar-refractivity contribution < 1.29 is 9.53 Å². The zero-order chi connectivity index (χ0) is 13.8. The number of ether oxygens (including phenoxy) is 1. The molecule has 1 heterocycles. The Balaban J connectivity index is 1.79. The summed E-state index contributed by atoms with van der Waals surface area (Å²) in [6.45, 7) is -0.0367. The van der Waals surface area contributed by atoms with Crippen LogP contribution in [0.15, 0.2) is 60.9 Å². The van der Waals surface area contributed by atoms with E-state index in [0.717, 1.165) is 10.9 Å². The molecule has 20 heavy (non-hydrogen) atoms. The summed E-state index contributed by atoms with van der Waals surface area (Å²) in [5, 5.41) is 0.802. The number of fused-ring (bicyclic) bond motifs is 1. The Hall–Kier alpha value is -2.75. The monoisotopic (exact) mass is 264 g/mol. The predicted octanol–water partition coefficient (Wildman–Crippen LogP) is 2.89. The number of rotatable bonds is 4. The van der Waals surface area contributed by atoms with Gasteiger partial charge in [0.2, 0.25) is 5.88 Å². The molecule has 0 bridgehead atoms. The molecule has 0 amide bonds. The number of hydrogen-bond acceptors (Lipinski definition) is 4. The molecule has 0 aliphatic rings. The molecule has 3 rings (SSSR count). The molecular weight excluding hydrogens is 252 g/mol. The molecule has 4 heteroatoms. The summed E-state index contributed by atoms with van der Waals surface area (Å²) in [7, 11) is 0. The fourth-order valence-electron chi connectivity index (χ4n) is 1.94. The van der Waals surface area contributed by atoms with Crippen molar-refractivity contribution in [2.45, 2.75) is 0 Å². The molecule has 0 radical (unpaired) electrons. The van der Waals surface area contributed by atoms with Crippen molar-refractivity contribution in [2.24, 2.45) is 0 Å². The van der Waals surface area contributed by atoms with Crippen molar-refractivity contribution in [3.63, 3.8) is 0 Å². The third-order valence-electron chi connectivity index (χ3n) is 2.94. The number of hydrogen-bond donors (Lipinski definition) is 0. The molecule has 0 N–H and O–H groups in total. The van der Waals surface area contributed by atoms with Gasteiger partial charge in [0.05, 0.1) is 10.9 Å². The molecule has 0 unspecified atom stereocenters. The summed E-state index contributed by atoms with van der Waals surface area (Å²) in [4.78, 5) is 20.2. The average Bonchev–Trinajstić information content (AvgIpc) is 2.53. The molecule has 0 saturated carbocycles. The fourth-order valence-corrected chi connectivity index (χ4v) is 1.94. The van der Waals surface area contributed by atoms with E-state index in [1.807, 2.05) is 42.5 Å². The minimum atomic E-state index is -0.0757. The van der Waals surface area contributed by atoms with Crippen LogP contribution in [0.3, 0.4) is 0 Å². The molecule has 2 aromatic carbocycles. The second-order valence-corrected chi connectivity index (χ2v) is 4.27. The van der Waals surface area contributed by atoms with E-state index in [1.165, 1.54) is 6.33 Å². The van der Waals surface area contributed by atoms with Crippen LogP contribution in [-0.2, 0) is 0 Å². The first-order valence-electron chi connectivity index (χ1n) is 6.25. The largest absolute Gasteiger partial charge is 0.469 e. The maximum Gasteiger partial charge on any atom is 0.224 e. The van der Waals surface area contributed by atoms with E-state index in [2.05, 4.69) is 9.97 Å². The van der Waals surface area contributed by atoms with Crippen LogP contribution in [0, 0.1) is 0 Å². The van der Waals surface area contributed by atoms with Gasteiger partial charge in [0.1, 0.15) is 6.33 Å². The molecule has 0 saturated heterocycles. The van der Waals surface area contributed by atoms with Crippen molar-refractivity contribution in [3.05, 3.63) is 66.5 Å². The number of carbonyl (C=O) groups is 1. The van der Waals surface area contributed by atoms with E-state index in [4.69, 9.17) is 4.74 Å². The van der Waals surface area contributed by atoms with Crippen LogP contribution >= 0.6 is 0 Å². The van der Waals surface area contributed by atoms with Crippen LogP contribution in [0.5, 0.6) is 5.88 Å². The van der Waals surface area contributed by atoms with Gasteiger partial charge in [0, 0.05) is 5.56 Å². The minimum absolute atomic E-state index is 0.0367. The highest BCUT2D eigenvalue weighted by Crippen LogP contribution is 2.20. The van der Waals surface area contributed by atoms with Crippen LogP contribution in [0.1, 0.15) is 10.4 Å². The maximum absolute atomic E-state index is 12.0. The third-order valence-corrected chi connectivity index (χ3v) is 2.94. The van der Waals surface area contributed by atoms with Gasteiger partial charge in [-0.3, -0.25) is 4.79 Å². The number of nitrogens with zero attached hydrogens (tertiary/aromatic N) is 2. The van der Waals surface area contributed by atoms with E-state index in [9.17, 15) is 4.79 Å². The molecule has 0 spiro atoms. The van der Waals surface area contributed by atoms with E-state index in [0.29, 0.717) is 11.4 Å². The normalized spacial score (nSPS) is 10.4. The number of Topliss-reactive ketones (excluding diaryl/α,β-unsaturated/α-hetero) is 1. The van der Waals surface area contributed by atoms with Gasteiger partial charge in [-0.05, 0) is 12.1 Å². The Kier molecular flexibility index (Phi) is 3.37. The van der Waals surface area contributed by atoms with Crippen LogP contribution in [-0.4, -0.2) is 22.4 Å². The second kappa shape index (κ2) is 5.48. The predicted molar refractivity (Wildman–Crippen MR) is 75.8 cm³/mol. The molecule has 0 aliphatic carbocycles. The third kappa shape index (κ3) is 2.49. The first-order chi connectivity index (χ1) is 9.84. The zero-order valence-electron chi connectivity index (χ0n) is 10.7. The first-order valence-corrected chi connectivity index (χ1v) is 6.25. The minimum Gasteiger partial charge on any atom is -0.469 e. The Morgan fingerprint density at radius 3 is 2.55 bits per heavy atom. The van der Waals surface area contributed by atoms with Gasteiger partial charge >= 0.3 is 0 Å². The molecule has 98 valence electrons. The summed E-state index contributed by atoms with van der Waals surface area (Å²) in [5.74, 6) is 0.355. The number of ketones is 1. The molecule has 0 aliphatic heterocycles. The highest BCUT2D eigenvalue weighted by molar-refractivity contribution is 5.97. The highest BCUT2D eigenvalue weighted by atomic mass is 16.5. The number of aromatic nitrogens is 2. The summed E-state index contributed by atoms with van der Waals surface area (Å²) in [6, 6.07) is 16.6. The summed E-state index contributed by atoms with van der Waals surface area (Å²) in [6.07, 6.45) is 1.44. The topological polar surface area (TPSA) is 52.1 Å². The lowest BCUT2D eigenvalue weighted by molar-refractivity contribution is 0.0919. The number of benzene rings is 2. The average molecular weight is 264 g/mol. The lowest BCUT2D eigenvalue weighted by Crippen LogP contribution is -2.12. The van der Waals surface area contributed by atoms with E-state index < -0.39 is 0 Å². The van der Waals surface area contributed by atoms with E-state index in [-0.39, 0.29) is 12.4 Å². The van der Waals surface area contributed by atoms with Crippen LogP contribution in [0.25, 0.3) is 10.9 Å². The summed E-state index contributed by atoms with van der Waals surface area (Å²) >= 11 is 0. The van der Waals surface area contributed by atoms with E-state index in [1.54, 1.807) is 12.1 Å². The van der Waals surface area contributed by atoms with Crippen LogP contribution in [0.4, 0.5) is 0 Å². The van der Waals surface area contributed by atoms with Crippen molar-refractivity contribution in [2.75, 3.05) is 6.61 Å². The van der Waals surface area contributed by atoms with Crippen molar-refractivity contribution in [1.82, 2.24) is 9.97 Å². The van der Waals surface area contributed by atoms with Gasteiger partial charge in [-0.15, -0.1) is 0 Å². The van der Waals surface area contributed by atoms with Gasteiger partial charge in [0.15, 0.2) is 12.4 Å².